The highest BCUT2D eigenvalue weighted by Crippen LogP contribution is 2.24. The van der Waals surface area contributed by atoms with Gasteiger partial charge < -0.3 is 20.6 Å². The second-order valence-corrected chi connectivity index (χ2v) is 7.78. The van der Waals surface area contributed by atoms with Gasteiger partial charge in [-0.25, -0.2) is 0 Å². The molecule has 13 nitrogen and oxygen atoms in total. The molecule has 4 N–H and O–H groups in total. The maximum Gasteiger partial charge on any atom is 0.317 e. The first-order valence-corrected chi connectivity index (χ1v) is 10.4. The van der Waals surface area contributed by atoms with Crippen molar-refractivity contribution in [3.8, 4) is 0 Å². The summed E-state index contributed by atoms with van der Waals surface area (Å²) in [6, 6.07) is 5.21. The van der Waals surface area contributed by atoms with E-state index in [1.54, 1.807) is 26.8 Å². The molecule has 0 amide bonds. The van der Waals surface area contributed by atoms with E-state index in [0.717, 1.165) is 0 Å². The Kier molecular flexibility index (Phi) is 10.1. The maximum atomic E-state index is 11.5. The minimum absolute atomic E-state index is 0.106. The summed E-state index contributed by atoms with van der Waals surface area (Å²) in [5.41, 5.74) is 0.516. The molecule has 0 aliphatic carbocycles. The molecule has 1 fully saturated rings. The molecule has 0 radical (unpaired) electrons. The number of nitrogens with one attached hydrogen (secondary N) is 1. The van der Waals surface area contributed by atoms with Crippen LogP contribution in [-0.2, 0) is 14.4 Å². The summed E-state index contributed by atoms with van der Waals surface area (Å²) in [6.07, 6.45) is 0. The smallest absolute Gasteiger partial charge is 0.317 e. The Hall–Kier alpha value is -3.13. The molecule has 0 saturated carbocycles. The molecule has 1 saturated heterocycles. The molecule has 1 aromatic rings. The van der Waals surface area contributed by atoms with E-state index < -0.39 is 28.9 Å². The van der Waals surface area contributed by atoms with Gasteiger partial charge >= 0.3 is 17.9 Å². The Morgan fingerprint density at radius 2 is 1.42 bits per heavy atom. The van der Waals surface area contributed by atoms with Gasteiger partial charge in [-0.15, -0.1) is 0 Å². The number of rotatable bonds is 8. The zero-order chi connectivity index (χ0) is 24.4. The highest BCUT2D eigenvalue weighted by molar-refractivity contribution is 5.70. The van der Waals surface area contributed by atoms with Crippen molar-refractivity contribution in [2.45, 2.75) is 6.04 Å². The van der Waals surface area contributed by atoms with Gasteiger partial charge in [0.15, 0.2) is 0 Å². The molecular weight excluding hydrogens is 438 g/mol. The summed E-state index contributed by atoms with van der Waals surface area (Å²) >= 11 is 0. The normalized spacial score (nSPS) is 19.8. The van der Waals surface area contributed by atoms with Crippen LogP contribution in [0, 0.1) is 10.1 Å². The number of hydrogen-bond acceptors (Lipinski definition) is 9. The highest BCUT2D eigenvalue weighted by Gasteiger charge is 2.27. The van der Waals surface area contributed by atoms with Gasteiger partial charge in [0.05, 0.1) is 24.6 Å². The van der Waals surface area contributed by atoms with Crippen molar-refractivity contribution in [2.75, 3.05) is 65.4 Å². The third-order valence-corrected chi connectivity index (χ3v) is 5.33. The van der Waals surface area contributed by atoms with E-state index >= 15 is 0 Å². The van der Waals surface area contributed by atoms with Crippen LogP contribution >= 0.6 is 0 Å². The first-order valence-electron chi connectivity index (χ1n) is 10.4. The van der Waals surface area contributed by atoms with Crippen LogP contribution < -0.4 is 5.32 Å². The average molecular weight is 467 g/mol. The fraction of sp³-hybridized carbons (Fsp3) is 0.550. The lowest BCUT2D eigenvalue weighted by molar-refractivity contribution is -0.384. The van der Waals surface area contributed by atoms with Crippen LogP contribution in [0.4, 0.5) is 5.69 Å². The number of non-ortho nitro benzene ring substituents is 1. The van der Waals surface area contributed by atoms with Crippen molar-refractivity contribution in [3.05, 3.63) is 39.9 Å². The molecule has 1 unspecified atom stereocenters. The summed E-state index contributed by atoms with van der Waals surface area (Å²) in [5.74, 6) is -3.10. The Labute approximate surface area is 190 Å². The molecular formula is C20H29N5O8. The standard InChI is InChI=1S/C20H29N5O8/c26-18(27)12-22-7-5-21-6-8-24(14-20(30)31)17(11-23(10-9-22)13-19(28)29)15-1-3-16(4-2-15)25(32)33/h1-4,17,21H,5-14H2,(H,26,27)(H,28,29)(H,30,31). The monoisotopic (exact) mass is 467 g/mol. The third-order valence-electron chi connectivity index (χ3n) is 5.33. The molecule has 1 aliphatic rings. The van der Waals surface area contributed by atoms with E-state index in [4.69, 9.17) is 5.11 Å². The molecule has 1 aromatic carbocycles. The highest BCUT2D eigenvalue weighted by atomic mass is 16.6. The Balaban J connectivity index is 2.36. The van der Waals surface area contributed by atoms with E-state index in [2.05, 4.69) is 5.32 Å². The maximum absolute atomic E-state index is 11.5. The Bertz CT molecular complexity index is 834. The summed E-state index contributed by atoms with van der Waals surface area (Å²) in [4.78, 5) is 49.7. The van der Waals surface area contributed by atoms with E-state index in [-0.39, 0.29) is 38.4 Å². The first kappa shape index (κ1) is 26.1. The average Bonchev–Trinajstić information content (AvgIpc) is 2.72. The zero-order valence-electron chi connectivity index (χ0n) is 18.1. The topological polar surface area (TPSA) is 177 Å². The van der Waals surface area contributed by atoms with Gasteiger partial charge in [0, 0.05) is 64.0 Å². The SMILES string of the molecule is O=C(O)CN1CCNCCN(CC(=O)O)C(c2ccc([N+](=O)[O-])cc2)CN(CC(=O)O)CC1. The molecule has 0 spiro atoms. The van der Waals surface area contributed by atoms with Crippen LogP contribution in [0.3, 0.4) is 0 Å². The fourth-order valence-electron chi connectivity index (χ4n) is 3.77. The molecule has 1 atom stereocenters. The lowest BCUT2D eigenvalue weighted by Gasteiger charge is -2.36. The first-order chi connectivity index (χ1) is 15.7. The van der Waals surface area contributed by atoms with Gasteiger partial charge in [-0.05, 0) is 5.56 Å². The van der Waals surface area contributed by atoms with Gasteiger partial charge in [-0.3, -0.25) is 39.2 Å². The van der Waals surface area contributed by atoms with Crippen molar-refractivity contribution in [1.82, 2.24) is 20.0 Å². The third kappa shape index (κ3) is 9.10. The van der Waals surface area contributed by atoms with Crippen LogP contribution in [0.2, 0.25) is 0 Å². The molecule has 1 heterocycles. The van der Waals surface area contributed by atoms with Crippen molar-refractivity contribution in [2.24, 2.45) is 0 Å². The predicted octanol–water partition coefficient (Wildman–Crippen LogP) is -0.601. The largest absolute Gasteiger partial charge is 0.480 e. The number of aliphatic carboxylic acids is 3. The fourth-order valence-corrected chi connectivity index (χ4v) is 3.77. The molecule has 33 heavy (non-hydrogen) atoms. The van der Waals surface area contributed by atoms with Gasteiger partial charge in [-0.1, -0.05) is 12.1 Å². The van der Waals surface area contributed by atoms with Gasteiger partial charge in [0.25, 0.3) is 5.69 Å². The molecule has 1 aliphatic heterocycles. The number of carbonyl (C=O) groups is 3. The lowest BCUT2D eigenvalue weighted by atomic mass is 10.0. The summed E-state index contributed by atoms with van der Waals surface area (Å²) < 4.78 is 0. The molecule has 0 aromatic heterocycles. The second-order valence-electron chi connectivity index (χ2n) is 7.78. The summed E-state index contributed by atoms with van der Waals surface area (Å²) in [5, 5.41) is 42.2. The van der Waals surface area contributed by atoms with Crippen molar-refractivity contribution >= 4 is 23.6 Å². The second kappa shape index (κ2) is 12.8. The van der Waals surface area contributed by atoms with Crippen molar-refractivity contribution in [3.63, 3.8) is 0 Å². The number of carboxylic acid groups (broad SMARTS) is 3. The lowest BCUT2D eigenvalue weighted by Crippen LogP contribution is -2.48. The van der Waals surface area contributed by atoms with Crippen molar-refractivity contribution in [1.29, 1.82) is 0 Å². The van der Waals surface area contributed by atoms with E-state index in [9.17, 15) is 34.7 Å². The number of benzene rings is 1. The van der Waals surface area contributed by atoms with Crippen LogP contribution in [0.25, 0.3) is 0 Å². The Morgan fingerprint density at radius 1 is 0.879 bits per heavy atom. The molecule has 2 rings (SSSR count). The number of nitrogens with zero attached hydrogens (tertiary/aromatic N) is 4. The minimum atomic E-state index is -1.07. The van der Waals surface area contributed by atoms with E-state index in [1.165, 1.54) is 12.1 Å². The number of carboxylic acids is 3. The predicted molar refractivity (Wildman–Crippen MR) is 116 cm³/mol. The number of nitro groups is 1. The number of nitro benzene ring substituents is 1. The summed E-state index contributed by atoms with van der Waals surface area (Å²) in [6.45, 7) is 1.60. The zero-order valence-corrected chi connectivity index (χ0v) is 18.1. The Morgan fingerprint density at radius 3 is 2.00 bits per heavy atom. The number of hydrogen-bond donors (Lipinski definition) is 4. The minimum Gasteiger partial charge on any atom is -0.480 e. The quantitative estimate of drug-likeness (QED) is 0.282. The van der Waals surface area contributed by atoms with Crippen molar-refractivity contribution < 1.29 is 34.6 Å². The van der Waals surface area contributed by atoms with Crippen LogP contribution in [0.15, 0.2) is 24.3 Å². The van der Waals surface area contributed by atoms with E-state index in [0.29, 0.717) is 38.3 Å². The van der Waals surface area contributed by atoms with Crippen LogP contribution in [0.5, 0.6) is 0 Å². The molecule has 0 bridgehead atoms. The van der Waals surface area contributed by atoms with Gasteiger partial charge in [0.2, 0.25) is 0 Å². The van der Waals surface area contributed by atoms with Gasteiger partial charge in [0.1, 0.15) is 0 Å². The van der Waals surface area contributed by atoms with Crippen LogP contribution in [0.1, 0.15) is 11.6 Å². The van der Waals surface area contributed by atoms with Gasteiger partial charge in [-0.2, -0.15) is 0 Å². The molecule has 182 valence electrons. The summed E-state index contributed by atoms with van der Waals surface area (Å²) in [7, 11) is 0. The molecule has 13 heteroatoms. The van der Waals surface area contributed by atoms with E-state index in [1.807, 2.05) is 0 Å². The van der Waals surface area contributed by atoms with Crippen LogP contribution in [-0.4, -0.2) is 118 Å².